The molecule has 0 N–H and O–H groups in total. The first-order chi connectivity index (χ1) is 10.1. The van der Waals surface area contributed by atoms with E-state index in [4.69, 9.17) is 0 Å². The van der Waals surface area contributed by atoms with Crippen LogP contribution in [0.15, 0.2) is 42.8 Å². The van der Waals surface area contributed by atoms with Crippen LogP contribution in [0.3, 0.4) is 0 Å². The second kappa shape index (κ2) is 4.25. The van der Waals surface area contributed by atoms with Crippen molar-refractivity contribution in [2.45, 2.75) is 12.5 Å². The SMILES string of the molecule is O=C1C2C=CN(c3ccc([N+](=O)[O-])cn3)C1C1C=CC2C1. The second-order valence-corrected chi connectivity index (χ2v) is 5.70. The lowest BCUT2D eigenvalue weighted by Crippen LogP contribution is -2.52. The highest BCUT2D eigenvalue weighted by atomic mass is 16.6. The van der Waals surface area contributed by atoms with Gasteiger partial charge in [-0.3, -0.25) is 14.9 Å². The number of nitro groups is 1. The summed E-state index contributed by atoms with van der Waals surface area (Å²) < 4.78 is 0. The summed E-state index contributed by atoms with van der Waals surface area (Å²) in [7, 11) is 0. The van der Waals surface area contributed by atoms with E-state index in [2.05, 4.69) is 17.1 Å². The molecule has 0 amide bonds. The average Bonchev–Trinajstić information content (AvgIpc) is 2.92. The Kier molecular flexibility index (Phi) is 2.48. The molecule has 1 saturated carbocycles. The first kappa shape index (κ1) is 12.3. The third-order valence-electron chi connectivity index (χ3n) is 4.60. The van der Waals surface area contributed by atoms with Crippen molar-refractivity contribution >= 4 is 17.3 Å². The molecule has 4 rings (SSSR count). The predicted molar refractivity (Wildman–Crippen MR) is 75.5 cm³/mol. The summed E-state index contributed by atoms with van der Waals surface area (Å²) in [6.45, 7) is 0. The van der Waals surface area contributed by atoms with Gasteiger partial charge in [0.15, 0.2) is 5.78 Å². The summed E-state index contributed by atoms with van der Waals surface area (Å²) in [4.78, 5) is 28.8. The number of rotatable bonds is 2. The molecule has 4 unspecified atom stereocenters. The quantitative estimate of drug-likeness (QED) is 0.472. The van der Waals surface area contributed by atoms with Crippen molar-refractivity contribution in [3.8, 4) is 0 Å². The predicted octanol–water partition coefficient (Wildman–Crippen LogP) is 2.08. The van der Waals surface area contributed by atoms with Gasteiger partial charge in [0.05, 0.1) is 4.92 Å². The lowest BCUT2D eigenvalue weighted by atomic mass is 9.73. The molecular formula is C15H13N3O3. The van der Waals surface area contributed by atoms with E-state index in [1.807, 2.05) is 17.2 Å². The molecular weight excluding hydrogens is 270 g/mol. The zero-order chi connectivity index (χ0) is 14.6. The maximum absolute atomic E-state index is 12.6. The van der Waals surface area contributed by atoms with Crippen molar-refractivity contribution in [1.82, 2.24) is 4.98 Å². The monoisotopic (exact) mass is 283 g/mol. The maximum Gasteiger partial charge on any atom is 0.287 e. The zero-order valence-electron chi connectivity index (χ0n) is 11.1. The Morgan fingerprint density at radius 1 is 1.24 bits per heavy atom. The fourth-order valence-corrected chi connectivity index (χ4v) is 3.59. The van der Waals surface area contributed by atoms with Crippen LogP contribution in [0.2, 0.25) is 0 Å². The van der Waals surface area contributed by atoms with E-state index in [0.717, 1.165) is 6.42 Å². The summed E-state index contributed by atoms with van der Waals surface area (Å²) in [5.41, 5.74) is -0.0478. The molecule has 6 heteroatoms. The van der Waals surface area contributed by atoms with Crippen molar-refractivity contribution in [2.24, 2.45) is 17.8 Å². The van der Waals surface area contributed by atoms with Crippen LogP contribution in [-0.4, -0.2) is 21.7 Å². The largest absolute Gasteiger partial charge is 0.322 e. The van der Waals surface area contributed by atoms with E-state index in [1.165, 1.54) is 12.3 Å². The minimum atomic E-state index is -0.477. The Bertz CT molecular complexity index is 680. The van der Waals surface area contributed by atoms with Crippen molar-refractivity contribution in [3.63, 3.8) is 0 Å². The van der Waals surface area contributed by atoms with Crippen molar-refractivity contribution in [3.05, 3.63) is 52.9 Å². The highest BCUT2D eigenvalue weighted by Gasteiger charge is 2.48. The number of aromatic nitrogens is 1. The molecule has 1 aromatic rings. The standard InChI is InChI=1S/C15H13N3O3/c19-15-12-5-6-17(14(15)10-2-1-9(12)7-10)13-4-3-11(8-16-13)18(20)21/h1-6,8-10,12,14H,7H2. The Labute approximate surface area is 120 Å². The van der Waals surface area contributed by atoms with Crippen molar-refractivity contribution in [2.75, 3.05) is 4.90 Å². The summed E-state index contributed by atoms with van der Waals surface area (Å²) in [6.07, 6.45) is 10.3. The van der Waals surface area contributed by atoms with Crippen LogP contribution in [0.5, 0.6) is 0 Å². The number of carbonyl (C=O) groups excluding carboxylic acids is 1. The molecule has 0 spiro atoms. The molecule has 2 heterocycles. The molecule has 0 saturated heterocycles. The van der Waals surface area contributed by atoms with Gasteiger partial charge in [-0.05, 0) is 18.4 Å². The molecule has 0 radical (unpaired) electrons. The first-order valence-electron chi connectivity index (χ1n) is 6.94. The molecule has 3 aliphatic rings. The topological polar surface area (TPSA) is 76.3 Å². The fraction of sp³-hybridized carbons (Fsp3) is 0.333. The molecule has 0 aromatic carbocycles. The molecule has 1 aliphatic heterocycles. The number of pyridine rings is 1. The van der Waals surface area contributed by atoms with Gasteiger partial charge >= 0.3 is 0 Å². The Morgan fingerprint density at radius 3 is 2.76 bits per heavy atom. The van der Waals surface area contributed by atoms with Gasteiger partial charge in [-0.1, -0.05) is 18.2 Å². The van der Waals surface area contributed by atoms with Crippen LogP contribution in [0.1, 0.15) is 6.42 Å². The summed E-state index contributed by atoms with van der Waals surface area (Å²) in [5, 5.41) is 10.7. The average molecular weight is 283 g/mol. The van der Waals surface area contributed by atoms with Crippen LogP contribution >= 0.6 is 0 Å². The second-order valence-electron chi connectivity index (χ2n) is 5.70. The van der Waals surface area contributed by atoms with Crippen LogP contribution < -0.4 is 4.90 Å². The summed E-state index contributed by atoms with van der Waals surface area (Å²) in [6, 6.07) is 2.79. The highest BCUT2D eigenvalue weighted by molar-refractivity contribution is 5.94. The minimum Gasteiger partial charge on any atom is -0.322 e. The molecule has 4 atom stereocenters. The molecule has 21 heavy (non-hydrogen) atoms. The number of nitrogens with zero attached hydrogens (tertiary/aromatic N) is 3. The van der Waals surface area contributed by atoms with Gasteiger partial charge in [-0.25, -0.2) is 4.98 Å². The van der Waals surface area contributed by atoms with Crippen LogP contribution in [0, 0.1) is 27.9 Å². The lowest BCUT2D eigenvalue weighted by Gasteiger charge is -2.42. The smallest absolute Gasteiger partial charge is 0.287 e. The van der Waals surface area contributed by atoms with Gasteiger partial charge in [0.25, 0.3) is 5.69 Å². The van der Waals surface area contributed by atoms with E-state index in [1.54, 1.807) is 6.07 Å². The Balaban J connectivity index is 1.72. The molecule has 6 nitrogen and oxygen atoms in total. The van der Waals surface area contributed by atoms with Crippen LogP contribution in [-0.2, 0) is 4.79 Å². The number of carbonyl (C=O) groups is 1. The van der Waals surface area contributed by atoms with Gasteiger partial charge in [-0.2, -0.15) is 0 Å². The van der Waals surface area contributed by atoms with E-state index in [-0.39, 0.29) is 29.3 Å². The molecule has 2 aliphatic carbocycles. The van der Waals surface area contributed by atoms with E-state index < -0.39 is 4.92 Å². The molecule has 1 fully saturated rings. The Hall–Kier alpha value is -2.50. The summed E-state index contributed by atoms with van der Waals surface area (Å²) in [5.74, 6) is 1.32. The minimum absolute atomic E-state index is 0.0284. The first-order valence-corrected chi connectivity index (χ1v) is 6.94. The van der Waals surface area contributed by atoms with E-state index >= 15 is 0 Å². The number of fused-ring (bicyclic) bond motifs is 6. The third kappa shape index (κ3) is 1.72. The van der Waals surface area contributed by atoms with Gasteiger partial charge in [-0.15, -0.1) is 0 Å². The van der Waals surface area contributed by atoms with Gasteiger partial charge in [0, 0.05) is 24.1 Å². The molecule has 4 bridgehead atoms. The number of hydrogen-bond acceptors (Lipinski definition) is 5. The normalized spacial score (nSPS) is 32.6. The summed E-state index contributed by atoms with van der Waals surface area (Å²) >= 11 is 0. The number of allylic oxidation sites excluding steroid dienone is 2. The third-order valence-corrected chi connectivity index (χ3v) is 4.60. The number of Topliss-reactive ketones (excluding diaryl/α,β-unsaturated/α-hetero) is 1. The highest BCUT2D eigenvalue weighted by Crippen LogP contribution is 2.44. The van der Waals surface area contributed by atoms with Gasteiger partial charge in [0.2, 0.25) is 0 Å². The maximum atomic E-state index is 12.6. The fourth-order valence-electron chi connectivity index (χ4n) is 3.59. The van der Waals surface area contributed by atoms with Crippen molar-refractivity contribution in [1.29, 1.82) is 0 Å². The van der Waals surface area contributed by atoms with E-state index in [9.17, 15) is 14.9 Å². The lowest BCUT2D eigenvalue weighted by molar-refractivity contribution is -0.385. The zero-order valence-corrected chi connectivity index (χ0v) is 11.1. The van der Waals surface area contributed by atoms with Crippen LogP contribution in [0.4, 0.5) is 11.5 Å². The number of hydrogen-bond donors (Lipinski definition) is 0. The molecule has 106 valence electrons. The van der Waals surface area contributed by atoms with Crippen LogP contribution in [0.25, 0.3) is 0 Å². The van der Waals surface area contributed by atoms with Gasteiger partial charge in [0.1, 0.15) is 18.1 Å². The number of anilines is 1. The Morgan fingerprint density at radius 2 is 2.05 bits per heavy atom. The van der Waals surface area contributed by atoms with Crippen molar-refractivity contribution < 1.29 is 9.72 Å². The number of ketones is 1. The van der Waals surface area contributed by atoms with E-state index in [0.29, 0.717) is 11.7 Å². The molecule has 1 aromatic heterocycles. The van der Waals surface area contributed by atoms with Gasteiger partial charge < -0.3 is 4.90 Å².